The maximum atomic E-state index is 10.0. The average molecular weight is 262 g/mol. The van der Waals surface area contributed by atoms with E-state index in [9.17, 15) is 5.11 Å². The van der Waals surface area contributed by atoms with E-state index in [1.165, 1.54) is 0 Å². The highest BCUT2D eigenvalue weighted by Crippen LogP contribution is 2.29. The van der Waals surface area contributed by atoms with E-state index in [4.69, 9.17) is 0 Å². The van der Waals surface area contributed by atoms with Crippen LogP contribution in [0.1, 0.15) is 19.8 Å². The summed E-state index contributed by atoms with van der Waals surface area (Å²) in [5, 5.41) is 20.8. The van der Waals surface area contributed by atoms with Gasteiger partial charge in [-0.2, -0.15) is 15.1 Å². The summed E-state index contributed by atoms with van der Waals surface area (Å²) in [4.78, 5) is 11.0. The minimum absolute atomic E-state index is 0.565. The van der Waals surface area contributed by atoms with Gasteiger partial charge in [0, 0.05) is 20.1 Å². The molecule has 3 rings (SSSR count). The van der Waals surface area contributed by atoms with Crippen molar-refractivity contribution in [2.45, 2.75) is 25.4 Å². The van der Waals surface area contributed by atoms with Crippen molar-refractivity contribution in [2.24, 2.45) is 0 Å². The second kappa shape index (κ2) is 4.34. The first-order valence-corrected chi connectivity index (χ1v) is 6.45. The van der Waals surface area contributed by atoms with Crippen LogP contribution in [0.15, 0.2) is 6.20 Å². The zero-order valence-corrected chi connectivity index (χ0v) is 11.1. The van der Waals surface area contributed by atoms with Crippen LogP contribution >= 0.6 is 0 Å². The molecule has 0 radical (unpaired) electrons. The number of hydrogen-bond acceptors (Lipinski definition) is 6. The van der Waals surface area contributed by atoms with Crippen molar-refractivity contribution in [1.82, 2.24) is 20.2 Å². The summed E-state index contributed by atoms with van der Waals surface area (Å²) in [6.45, 7) is 3.46. The van der Waals surface area contributed by atoms with E-state index in [1.807, 2.05) is 6.92 Å². The Labute approximate surface area is 111 Å². The Morgan fingerprint density at radius 2 is 2.11 bits per heavy atom. The quantitative estimate of drug-likeness (QED) is 0.740. The molecule has 0 atom stereocenters. The Morgan fingerprint density at radius 1 is 1.37 bits per heavy atom. The molecule has 7 heteroatoms. The Hall–Kier alpha value is -1.89. The van der Waals surface area contributed by atoms with E-state index in [0.717, 1.165) is 42.8 Å². The first kappa shape index (κ1) is 12.2. The summed E-state index contributed by atoms with van der Waals surface area (Å²) in [5.74, 6) is 1.45. The first-order valence-electron chi connectivity index (χ1n) is 6.45. The maximum absolute atomic E-state index is 10.0. The second-order valence-corrected chi connectivity index (χ2v) is 5.24. The van der Waals surface area contributed by atoms with Gasteiger partial charge in [0.15, 0.2) is 5.65 Å². The van der Waals surface area contributed by atoms with E-state index in [-0.39, 0.29) is 0 Å². The van der Waals surface area contributed by atoms with E-state index in [1.54, 1.807) is 13.2 Å². The zero-order valence-electron chi connectivity index (χ0n) is 11.1. The number of nitrogens with one attached hydrogen (secondary N) is 2. The minimum Gasteiger partial charge on any atom is -0.390 e. The number of anilines is 2. The van der Waals surface area contributed by atoms with Crippen LogP contribution in [0.5, 0.6) is 0 Å². The van der Waals surface area contributed by atoms with Crippen LogP contribution in [0.25, 0.3) is 11.0 Å². The fraction of sp³-hybridized carbons (Fsp3) is 0.583. The lowest BCUT2D eigenvalue weighted by Gasteiger charge is -2.36. The molecule has 3 heterocycles. The molecule has 1 aliphatic rings. The Morgan fingerprint density at radius 3 is 2.79 bits per heavy atom. The zero-order chi connectivity index (χ0) is 13.5. The van der Waals surface area contributed by atoms with Gasteiger partial charge in [-0.1, -0.05) is 0 Å². The fourth-order valence-electron chi connectivity index (χ4n) is 2.37. The van der Waals surface area contributed by atoms with Gasteiger partial charge in [-0.05, 0) is 19.8 Å². The number of aliphatic hydroxyl groups is 1. The van der Waals surface area contributed by atoms with Gasteiger partial charge in [0.05, 0.1) is 17.2 Å². The molecular weight excluding hydrogens is 244 g/mol. The first-order chi connectivity index (χ1) is 9.09. The minimum atomic E-state index is -0.565. The van der Waals surface area contributed by atoms with Crippen molar-refractivity contribution in [1.29, 1.82) is 0 Å². The highest BCUT2D eigenvalue weighted by Gasteiger charge is 2.29. The van der Waals surface area contributed by atoms with Gasteiger partial charge in [0.2, 0.25) is 5.95 Å². The molecule has 2 aromatic heterocycles. The predicted molar refractivity (Wildman–Crippen MR) is 73.3 cm³/mol. The number of aromatic amines is 1. The molecule has 0 unspecified atom stereocenters. The van der Waals surface area contributed by atoms with Crippen LogP contribution in [0.4, 0.5) is 11.8 Å². The van der Waals surface area contributed by atoms with Crippen LogP contribution in [0.2, 0.25) is 0 Å². The van der Waals surface area contributed by atoms with Gasteiger partial charge in [-0.25, -0.2) is 0 Å². The number of aromatic nitrogens is 4. The number of nitrogens with zero attached hydrogens (tertiary/aromatic N) is 4. The van der Waals surface area contributed by atoms with Gasteiger partial charge >= 0.3 is 0 Å². The fourth-order valence-corrected chi connectivity index (χ4v) is 2.37. The van der Waals surface area contributed by atoms with Crippen LogP contribution < -0.4 is 10.2 Å². The molecule has 0 bridgehead atoms. The third-order valence-electron chi connectivity index (χ3n) is 3.65. The standard InChI is InChI=1S/C12H18N6O/c1-12(19)3-5-18(6-4-12)10-8-7-14-17-9(8)15-11(13-2)16-10/h7,19H,3-6H2,1-2H3,(H2,13,14,15,16,17). The monoisotopic (exact) mass is 262 g/mol. The van der Waals surface area contributed by atoms with Gasteiger partial charge < -0.3 is 15.3 Å². The summed E-state index contributed by atoms with van der Waals surface area (Å²) in [6, 6.07) is 0. The second-order valence-electron chi connectivity index (χ2n) is 5.24. The molecule has 3 N–H and O–H groups in total. The van der Waals surface area contributed by atoms with Crippen LogP contribution in [-0.2, 0) is 0 Å². The summed E-state index contributed by atoms with van der Waals surface area (Å²) >= 11 is 0. The molecule has 0 spiro atoms. The van der Waals surface area contributed by atoms with E-state index < -0.39 is 5.60 Å². The molecule has 0 aliphatic carbocycles. The van der Waals surface area contributed by atoms with Gasteiger partial charge in [0.1, 0.15) is 5.82 Å². The van der Waals surface area contributed by atoms with Crippen molar-refractivity contribution in [2.75, 3.05) is 30.4 Å². The van der Waals surface area contributed by atoms with E-state index >= 15 is 0 Å². The van der Waals surface area contributed by atoms with Gasteiger partial charge in [0.25, 0.3) is 0 Å². The van der Waals surface area contributed by atoms with Crippen LogP contribution in [-0.4, -0.2) is 51.0 Å². The number of fused-ring (bicyclic) bond motifs is 1. The third-order valence-corrected chi connectivity index (χ3v) is 3.65. The lowest BCUT2D eigenvalue weighted by Crippen LogP contribution is -2.42. The van der Waals surface area contributed by atoms with Crippen molar-refractivity contribution in [3.63, 3.8) is 0 Å². The smallest absolute Gasteiger partial charge is 0.226 e. The molecular formula is C12H18N6O. The van der Waals surface area contributed by atoms with Crippen molar-refractivity contribution in [3.8, 4) is 0 Å². The highest BCUT2D eigenvalue weighted by atomic mass is 16.3. The molecule has 19 heavy (non-hydrogen) atoms. The van der Waals surface area contributed by atoms with Gasteiger partial charge in [-0.15, -0.1) is 0 Å². The molecule has 102 valence electrons. The summed E-state index contributed by atoms with van der Waals surface area (Å²) < 4.78 is 0. The predicted octanol–water partition coefficient (Wildman–Crippen LogP) is 0.746. The number of H-pyrrole nitrogens is 1. The van der Waals surface area contributed by atoms with Crippen molar-refractivity contribution >= 4 is 22.8 Å². The summed E-state index contributed by atoms with van der Waals surface area (Å²) in [7, 11) is 1.79. The Kier molecular flexibility index (Phi) is 2.78. The highest BCUT2D eigenvalue weighted by molar-refractivity contribution is 5.87. The molecule has 1 aliphatic heterocycles. The number of hydrogen-bond donors (Lipinski definition) is 3. The molecule has 1 saturated heterocycles. The molecule has 0 amide bonds. The molecule has 1 fully saturated rings. The van der Waals surface area contributed by atoms with E-state index in [2.05, 4.69) is 30.4 Å². The normalized spacial score (nSPS) is 18.8. The van der Waals surface area contributed by atoms with Crippen molar-refractivity contribution in [3.05, 3.63) is 6.20 Å². The lowest BCUT2D eigenvalue weighted by atomic mass is 9.94. The summed E-state index contributed by atoms with van der Waals surface area (Å²) in [6.07, 6.45) is 3.23. The van der Waals surface area contributed by atoms with Crippen molar-refractivity contribution < 1.29 is 5.11 Å². The average Bonchev–Trinajstić information content (AvgIpc) is 2.86. The number of rotatable bonds is 2. The third kappa shape index (κ3) is 2.21. The molecule has 0 aromatic carbocycles. The Balaban J connectivity index is 1.98. The number of piperidine rings is 1. The summed E-state index contributed by atoms with van der Waals surface area (Å²) in [5.41, 5.74) is 0.164. The lowest BCUT2D eigenvalue weighted by molar-refractivity contribution is 0.0350. The van der Waals surface area contributed by atoms with E-state index in [0.29, 0.717) is 5.95 Å². The van der Waals surface area contributed by atoms with Gasteiger partial charge in [-0.3, -0.25) is 5.10 Å². The molecule has 2 aromatic rings. The molecule has 0 saturated carbocycles. The molecule has 7 nitrogen and oxygen atoms in total. The van der Waals surface area contributed by atoms with Crippen LogP contribution in [0.3, 0.4) is 0 Å². The largest absolute Gasteiger partial charge is 0.390 e. The van der Waals surface area contributed by atoms with Crippen LogP contribution in [0, 0.1) is 0 Å². The topological polar surface area (TPSA) is 90.0 Å². The maximum Gasteiger partial charge on any atom is 0.226 e. The Bertz CT molecular complexity index is 583. The SMILES string of the molecule is CNc1nc(N2CCC(C)(O)CC2)c2cn[nH]c2n1.